The molecule has 126 valence electrons. The molecule has 24 heavy (non-hydrogen) atoms. The summed E-state index contributed by atoms with van der Waals surface area (Å²) < 4.78 is 0. The molecule has 4 rings (SSSR count). The molecule has 0 bridgehead atoms. The molecular weight excluding hydrogens is 302 g/mol. The van der Waals surface area contributed by atoms with Crippen molar-refractivity contribution in [2.24, 2.45) is 11.8 Å². The summed E-state index contributed by atoms with van der Waals surface area (Å²) >= 11 is 0. The number of carbonyl (C=O) groups excluding carboxylic acids is 1. The van der Waals surface area contributed by atoms with Crippen LogP contribution in [0.2, 0.25) is 0 Å². The number of aromatic nitrogens is 4. The Kier molecular flexibility index (Phi) is 4.28. The van der Waals surface area contributed by atoms with Gasteiger partial charge >= 0.3 is 0 Å². The van der Waals surface area contributed by atoms with Crippen LogP contribution in [0.15, 0.2) is 24.8 Å². The van der Waals surface area contributed by atoms with Crippen LogP contribution in [-0.4, -0.2) is 43.8 Å². The van der Waals surface area contributed by atoms with E-state index in [1.807, 2.05) is 6.20 Å². The van der Waals surface area contributed by atoms with Crippen molar-refractivity contribution in [2.75, 3.05) is 13.1 Å². The number of nitrogens with zero attached hydrogens (tertiary/aromatic N) is 4. The highest BCUT2D eigenvalue weighted by molar-refractivity contribution is 5.79. The van der Waals surface area contributed by atoms with Gasteiger partial charge in [-0.3, -0.25) is 9.78 Å². The summed E-state index contributed by atoms with van der Waals surface area (Å²) in [6.07, 6.45) is 13.6. The predicted molar refractivity (Wildman–Crippen MR) is 90.0 cm³/mol. The normalized spacial score (nSPS) is 21.5. The van der Waals surface area contributed by atoms with E-state index < -0.39 is 0 Å². The number of carbonyl (C=O) groups is 1. The van der Waals surface area contributed by atoms with E-state index in [1.165, 1.54) is 12.8 Å². The van der Waals surface area contributed by atoms with Crippen LogP contribution in [-0.2, 0) is 11.2 Å². The first kappa shape index (κ1) is 15.3. The van der Waals surface area contributed by atoms with Gasteiger partial charge in [0.1, 0.15) is 5.69 Å². The van der Waals surface area contributed by atoms with E-state index >= 15 is 0 Å². The summed E-state index contributed by atoms with van der Waals surface area (Å²) in [5.41, 5.74) is 1.75. The second-order valence-electron chi connectivity index (χ2n) is 6.96. The number of nitrogens with one attached hydrogen (secondary N) is 1. The van der Waals surface area contributed by atoms with Gasteiger partial charge in [0, 0.05) is 37.6 Å². The molecule has 1 amide bonds. The number of likely N-dealkylation sites (tertiary alicyclic amines) is 1. The number of H-pyrrole nitrogens is 1. The van der Waals surface area contributed by atoms with Crippen LogP contribution >= 0.6 is 0 Å². The smallest absolute Gasteiger partial charge is 0.225 e. The summed E-state index contributed by atoms with van der Waals surface area (Å²) in [6.45, 7) is 1.77. The standard InChI is InChI=1S/C18H23N5O/c24-18(14-3-1-2-4-14)23-8-5-13(12-23)9-15-10-22-16(11-21-15)17-19-6-7-20-17/h6-7,10-11,13-14H,1-5,8-9,12H2,(H,19,20)/t13-/m0/s1. The average molecular weight is 325 g/mol. The lowest BCUT2D eigenvalue weighted by Crippen LogP contribution is -2.33. The van der Waals surface area contributed by atoms with Crippen molar-refractivity contribution >= 4 is 5.91 Å². The van der Waals surface area contributed by atoms with Crippen molar-refractivity contribution in [1.82, 2.24) is 24.8 Å². The fourth-order valence-corrected chi connectivity index (χ4v) is 3.91. The van der Waals surface area contributed by atoms with Gasteiger partial charge in [-0.05, 0) is 31.6 Å². The lowest BCUT2D eigenvalue weighted by Gasteiger charge is -2.20. The second kappa shape index (κ2) is 6.71. The molecule has 2 aromatic rings. The number of amides is 1. The summed E-state index contributed by atoms with van der Waals surface area (Å²) in [7, 11) is 0. The summed E-state index contributed by atoms with van der Waals surface area (Å²) in [6, 6.07) is 0. The molecule has 1 aliphatic heterocycles. The highest BCUT2D eigenvalue weighted by atomic mass is 16.2. The zero-order chi connectivity index (χ0) is 16.4. The molecule has 1 saturated carbocycles. The first-order valence-electron chi connectivity index (χ1n) is 8.89. The van der Waals surface area contributed by atoms with Crippen LogP contribution in [0.3, 0.4) is 0 Å². The van der Waals surface area contributed by atoms with Gasteiger partial charge < -0.3 is 9.88 Å². The molecule has 3 heterocycles. The lowest BCUT2D eigenvalue weighted by molar-refractivity contribution is -0.134. The van der Waals surface area contributed by atoms with Gasteiger partial charge in [-0.15, -0.1) is 0 Å². The van der Waals surface area contributed by atoms with Gasteiger partial charge in [-0.2, -0.15) is 0 Å². The molecule has 6 nitrogen and oxygen atoms in total. The van der Waals surface area contributed by atoms with E-state index in [4.69, 9.17) is 0 Å². The van der Waals surface area contributed by atoms with E-state index in [0.29, 0.717) is 11.8 Å². The highest BCUT2D eigenvalue weighted by Gasteiger charge is 2.32. The van der Waals surface area contributed by atoms with Crippen LogP contribution in [0.4, 0.5) is 0 Å². The van der Waals surface area contributed by atoms with E-state index in [1.54, 1.807) is 18.6 Å². The minimum Gasteiger partial charge on any atom is -0.343 e. The van der Waals surface area contributed by atoms with Crippen molar-refractivity contribution < 1.29 is 4.79 Å². The van der Waals surface area contributed by atoms with Crippen LogP contribution in [0.5, 0.6) is 0 Å². The SMILES string of the molecule is O=C(C1CCCC1)N1CC[C@@H](Cc2cnc(-c3ncc[nH]3)cn2)C1. The summed E-state index contributed by atoms with van der Waals surface area (Å²) in [5.74, 6) is 1.91. The quantitative estimate of drug-likeness (QED) is 0.937. The van der Waals surface area contributed by atoms with Crippen molar-refractivity contribution in [3.8, 4) is 11.5 Å². The van der Waals surface area contributed by atoms with E-state index in [-0.39, 0.29) is 5.92 Å². The minimum absolute atomic E-state index is 0.288. The number of hydrogen-bond acceptors (Lipinski definition) is 4. The molecule has 6 heteroatoms. The molecule has 0 unspecified atom stereocenters. The van der Waals surface area contributed by atoms with Crippen LogP contribution in [0.1, 0.15) is 37.8 Å². The third kappa shape index (κ3) is 3.18. The van der Waals surface area contributed by atoms with Crippen molar-refractivity contribution in [2.45, 2.75) is 38.5 Å². The van der Waals surface area contributed by atoms with Gasteiger partial charge in [-0.1, -0.05) is 12.8 Å². The average Bonchev–Trinajstić information content (AvgIpc) is 3.37. The van der Waals surface area contributed by atoms with Gasteiger partial charge in [0.25, 0.3) is 0 Å². The fraction of sp³-hybridized carbons (Fsp3) is 0.556. The van der Waals surface area contributed by atoms with Crippen LogP contribution in [0.25, 0.3) is 11.5 Å². The van der Waals surface area contributed by atoms with Gasteiger partial charge in [0.05, 0.1) is 11.9 Å². The molecule has 1 N–H and O–H groups in total. The largest absolute Gasteiger partial charge is 0.343 e. The van der Waals surface area contributed by atoms with Gasteiger partial charge in [0.15, 0.2) is 5.82 Å². The molecular formula is C18H23N5O. The van der Waals surface area contributed by atoms with E-state index in [0.717, 1.165) is 56.0 Å². The molecule has 2 fully saturated rings. The topological polar surface area (TPSA) is 74.8 Å². The van der Waals surface area contributed by atoms with Crippen LogP contribution < -0.4 is 0 Å². The monoisotopic (exact) mass is 325 g/mol. The third-order valence-electron chi connectivity index (χ3n) is 5.25. The fourth-order valence-electron chi connectivity index (χ4n) is 3.91. The second-order valence-corrected chi connectivity index (χ2v) is 6.96. The molecule has 2 aromatic heterocycles. The number of hydrogen-bond donors (Lipinski definition) is 1. The van der Waals surface area contributed by atoms with Crippen LogP contribution in [0, 0.1) is 11.8 Å². The first-order valence-corrected chi connectivity index (χ1v) is 8.89. The Hall–Kier alpha value is -2.24. The Morgan fingerprint density at radius 3 is 2.75 bits per heavy atom. The molecule has 0 aromatic carbocycles. The maximum atomic E-state index is 12.5. The third-order valence-corrected chi connectivity index (χ3v) is 5.25. The summed E-state index contributed by atoms with van der Waals surface area (Å²) in [4.78, 5) is 30.8. The Morgan fingerprint density at radius 1 is 1.17 bits per heavy atom. The van der Waals surface area contributed by atoms with Crippen molar-refractivity contribution in [1.29, 1.82) is 0 Å². The molecule has 1 saturated heterocycles. The number of aromatic amines is 1. The van der Waals surface area contributed by atoms with Gasteiger partial charge in [0.2, 0.25) is 5.91 Å². The maximum Gasteiger partial charge on any atom is 0.225 e. The first-order chi connectivity index (χ1) is 11.8. The Morgan fingerprint density at radius 2 is 2.04 bits per heavy atom. The zero-order valence-electron chi connectivity index (χ0n) is 13.8. The minimum atomic E-state index is 0.288. The molecule has 1 aliphatic carbocycles. The Balaban J connectivity index is 1.34. The number of imidazole rings is 1. The molecule has 1 atom stereocenters. The lowest BCUT2D eigenvalue weighted by atomic mass is 10.0. The summed E-state index contributed by atoms with van der Waals surface area (Å²) in [5, 5.41) is 0. The van der Waals surface area contributed by atoms with Crippen molar-refractivity contribution in [3.05, 3.63) is 30.5 Å². The van der Waals surface area contributed by atoms with E-state index in [9.17, 15) is 4.79 Å². The Labute approximate surface area is 141 Å². The predicted octanol–water partition coefficient (Wildman–Crippen LogP) is 2.45. The van der Waals surface area contributed by atoms with Gasteiger partial charge in [-0.25, -0.2) is 9.97 Å². The highest BCUT2D eigenvalue weighted by Crippen LogP contribution is 2.29. The Bertz CT molecular complexity index is 676. The molecule has 0 radical (unpaired) electrons. The van der Waals surface area contributed by atoms with Crippen molar-refractivity contribution in [3.63, 3.8) is 0 Å². The zero-order valence-corrected chi connectivity index (χ0v) is 13.8. The molecule has 0 spiro atoms. The number of rotatable bonds is 4. The van der Waals surface area contributed by atoms with E-state index in [2.05, 4.69) is 24.8 Å². The molecule has 2 aliphatic rings. The maximum absolute atomic E-state index is 12.5.